The third kappa shape index (κ3) is 2.46. The number of nitro groups is 2. The van der Waals surface area contributed by atoms with Gasteiger partial charge in [-0.2, -0.15) is 0 Å². The highest BCUT2D eigenvalue weighted by molar-refractivity contribution is 5.63. The molecule has 2 aromatic carbocycles. The van der Waals surface area contributed by atoms with Crippen molar-refractivity contribution < 1.29 is 9.85 Å². The number of hydrogen-bond donors (Lipinski definition) is 0. The first-order valence-corrected chi connectivity index (χ1v) is 6.75. The second kappa shape index (κ2) is 5.40. The zero-order valence-corrected chi connectivity index (χ0v) is 11.5. The molecule has 0 saturated carbocycles. The van der Waals surface area contributed by atoms with Crippen LogP contribution in [0.15, 0.2) is 48.5 Å². The van der Waals surface area contributed by atoms with E-state index in [1.165, 1.54) is 18.2 Å². The Morgan fingerprint density at radius 2 is 1.55 bits per heavy atom. The van der Waals surface area contributed by atoms with Gasteiger partial charge in [0.2, 0.25) is 0 Å². The van der Waals surface area contributed by atoms with Crippen LogP contribution < -0.4 is 0 Å². The average Bonchev–Trinajstić information content (AvgIpc) is 2.53. The van der Waals surface area contributed by atoms with E-state index in [9.17, 15) is 20.2 Å². The van der Waals surface area contributed by atoms with Gasteiger partial charge in [0, 0.05) is 30.2 Å². The fraction of sp³-hybridized carbons (Fsp3) is 0.125. The first kappa shape index (κ1) is 13.9. The lowest BCUT2D eigenvalue weighted by atomic mass is 9.82. The van der Waals surface area contributed by atoms with E-state index in [1.54, 1.807) is 24.3 Å². The number of nitro benzene ring substituents is 2. The third-order valence-electron chi connectivity index (χ3n) is 3.83. The standard InChI is InChI=1S/C16H12N2O4/c19-17(20)13-6-4-11(5-7-13)15-3-1-2-12-10-14(18(21)22)8-9-16(12)15/h1-2,4-10,15H,3H2. The number of benzene rings is 2. The number of allylic oxidation sites excluding steroid dienone is 1. The highest BCUT2D eigenvalue weighted by Crippen LogP contribution is 2.37. The van der Waals surface area contributed by atoms with Crippen LogP contribution in [0.3, 0.4) is 0 Å². The first-order valence-electron chi connectivity index (χ1n) is 6.75. The van der Waals surface area contributed by atoms with Crippen LogP contribution >= 0.6 is 0 Å². The highest BCUT2D eigenvalue weighted by atomic mass is 16.6. The Labute approximate surface area is 126 Å². The summed E-state index contributed by atoms with van der Waals surface area (Å²) < 4.78 is 0. The molecular weight excluding hydrogens is 284 g/mol. The summed E-state index contributed by atoms with van der Waals surface area (Å²) in [5.74, 6) is 0.0570. The van der Waals surface area contributed by atoms with Gasteiger partial charge in [-0.15, -0.1) is 0 Å². The quantitative estimate of drug-likeness (QED) is 0.631. The van der Waals surface area contributed by atoms with Crippen LogP contribution in [0.5, 0.6) is 0 Å². The first-order chi connectivity index (χ1) is 10.6. The number of rotatable bonds is 3. The van der Waals surface area contributed by atoms with Crippen molar-refractivity contribution in [3.63, 3.8) is 0 Å². The van der Waals surface area contributed by atoms with Crippen molar-refractivity contribution in [1.82, 2.24) is 0 Å². The molecule has 22 heavy (non-hydrogen) atoms. The van der Waals surface area contributed by atoms with E-state index in [2.05, 4.69) is 0 Å². The predicted octanol–water partition coefficient (Wildman–Crippen LogP) is 4.05. The van der Waals surface area contributed by atoms with Crippen molar-refractivity contribution in [1.29, 1.82) is 0 Å². The average molecular weight is 296 g/mol. The van der Waals surface area contributed by atoms with Crippen LogP contribution in [0.25, 0.3) is 6.08 Å². The minimum Gasteiger partial charge on any atom is -0.258 e. The molecule has 0 spiro atoms. The molecule has 0 N–H and O–H groups in total. The molecule has 3 rings (SSSR count). The van der Waals surface area contributed by atoms with Gasteiger partial charge >= 0.3 is 0 Å². The largest absolute Gasteiger partial charge is 0.270 e. The molecule has 1 atom stereocenters. The number of nitrogens with zero attached hydrogens (tertiary/aromatic N) is 2. The van der Waals surface area contributed by atoms with E-state index in [1.807, 2.05) is 12.2 Å². The Morgan fingerprint density at radius 1 is 0.909 bits per heavy atom. The van der Waals surface area contributed by atoms with Crippen molar-refractivity contribution in [2.24, 2.45) is 0 Å². The maximum Gasteiger partial charge on any atom is 0.270 e. The minimum atomic E-state index is -0.429. The van der Waals surface area contributed by atoms with Crippen LogP contribution in [0, 0.1) is 20.2 Å². The molecule has 0 heterocycles. The van der Waals surface area contributed by atoms with Crippen LogP contribution in [-0.4, -0.2) is 9.85 Å². The molecule has 0 amide bonds. The minimum absolute atomic E-state index is 0.0547. The smallest absolute Gasteiger partial charge is 0.258 e. The van der Waals surface area contributed by atoms with Crippen molar-refractivity contribution in [2.75, 3.05) is 0 Å². The van der Waals surface area contributed by atoms with Crippen LogP contribution in [0.1, 0.15) is 29.0 Å². The highest BCUT2D eigenvalue weighted by Gasteiger charge is 2.21. The van der Waals surface area contributed by atoms with Crippen molar-refractivity contribution in [3.8, 4) is 0 Å². The lowest BCUT2D eigenvalue weighted by Gasteiger charge is -2.22. The van der Waals surface area contributed by atoms with E-state index in [0.717, 1.165) is 23.1 Å². The molecule has 1 aliphatic rings. The summed E-state index contributed by atoms with van der Waals surface area (Å²) in [6.45, 7) is 0. The Morgan fingerprint density at radius 3 is 2.18 bits per heavy atom. The molecule has 0 bridgehead atoms. The van der Waals surface area contributed by atoms with Crippen molar-refractivity contribution in [2.45, 2.75) is 12.3 Å². The lowest BCUT2D eigenvalue weighted by molar-refractivity contribution is -0.385. The van der Waals surface area contributed by atoms with E-state index in [-0.39, 0.29) is 17.3 Å². The number of hydrogen-bond acceptors (Lipinski definition) is 4. The summed E-state index contributed by atoms with van der Waals surface area (Å²) in [5.41, 5.74) is 2.91. The summed E-state index contributed by atoms with van der Waals surface area (Å²) in [4.78, 5) is 20.7. The molecule has 2 aromatic rings. The molecule has 110 valence electrons. The molecule has 0 aromatic heterocycles. The maximum absolute atomic E-state index is 10.9. The van der Waals surface area contributed by atoms with Gasteiger partial charge < -0.3 is 0 Å². The molecule has 6 nitrogen and oxygen atoms in total. The maximum atomic E-state index is 10.9. The molecule has 6 heteroatoms. The zero-order chi connectivity index (χ0) is 15.7. The zero-order valence-electron chi connectivity index (χ0n) is 11.5. The molecule has 0 radical (unpaired) electrons. The van der Waals surface area contributed by atoms with Gasteiger partial charge in [-0.1, -0.05) is 30.4 Å². The second-order valence-corrected chi connectivity index (χ2v) is 5.11. The fourth-order valence-corrected chi connectivity index (χ4v) is 2.74. The molecule has 0 fully saturated rings. The summed E-state index contributed by atoms with van der Waals surface area (Å²) in [6, 6.07) is 11.3. The Balaban J connectivity index is 1.99. The molecular formula is C16H12N2O4. The van der Waals surface area contributed by atoms with Crippen LogP contribution in [0.2, 0.25) is 0 Å². The lowest BCUT2D eigenvalue weighted by Crippen LogP contribution is -2.06. The normalized spacial score (nSPS) is 16.1. The molecule has 0 saturated heterocycles. The fourth-order valence-electron chi connectivity index (χ4n) is 2.74. The van der Waals surface area contributed by atoms with Gasteiger partial charge in [-0.25, -0.2) is 0 Å². The van der Waals surface area contributed by atoms with E-state index in [0.29, 0.717) is 0 Å². The Hall–Kier alpha value is -3.02. The second-order valence-electron chi connectivity index (χ2n) is 5.11. The van der Waals surface area contributed by atoms with E-state index >= 15 is 0 Å². The van der Waals surface area contributed by atoms with Gasteiger partial charge in [0.15, 0.2) is 0 Å². The van der Waals surface area contributed by atoms with Gasteiger partial charge in [-0.05, 0) is 23.1 Å². The SMILES string of the molecule is O=[N+]([O-])c1ccc(C2CC=Cc3cc([N+](=O)[O-])ccc32)cc1. The van der Waals surface area contributed by atoms with Crippen LogP contribution in [-0.2, 0) is 0 Å². The topological polar surface area (TPSA) is 86.3 Å². The third-order valence-corrected chi connectivity index (χ3v) is 3.83. The number of fused-ring (bicyclic) bond motifs is 1. The van der Waals surface area contributed by atoms with Gasteiger partial charge in [0.1, 0.15) is 0 Å². The molecule has 1 unspecified atom stereocenters. The van der Waals surface area contributed by atoms with Gasteiger partial charge in [0.05, 0.1) is 9.85 Å². The van der Waals surface area contributed by atoms with Crippen molar-refractivity contribution >= 4 is 17.5 Å². The summed E-state index contributed by atoms with van der Waals surface area (Å²) in [7, 11) is 0. The van der Waals surface area contributed by atoms with E-state index < -0.39 is 9.85 Å². The number of non-ortho nitro benzene ring substituents is 2. The van der Waals surface area contributed by atoms with Crippen molar-refractivity contribution in [3.05, 3.63) is 85.5 Å². The van der Waals surface area contributed by atoms with Gasteiger partial charge in [-0.3, -0.25) is 20.2 Å². The van der Waals surface area contributed by atoms with Crippen LogP contribution in [0.4, 0.5) is 11.4 Å². The summed E-state index contributed by atoms with van der Waals surface area (Å²) in [6.07, 6.45) is 4.62. The monoisotopic (exact) mass is 296 g/mol. The summed E-state index contributed by atoms with van der Waals surface area (Å²) >= 11 is 0. The van der Waals surface area contributed by atoms with E-state index in [4.69, 9.17) is 0 Å². The molecule has 0 aliphatic heterocycles. The predicted molar refractivity (Wildman–Crippen MR) is 81.7 cm³/mol. The summed E-state index contributed by atoms with van der Waals surface area (Å²) in [5, 5.41) is 21.6. The Bertz CT molecular complexity index is 781. The Kier molecular flexibility index (Phi) is 3.42. The van der Waals surface area contributed by atoms with Gasteiger partial charge in [0.25, 0.3) is 11.4 Å². The molecule has 1 aliphatic carbocycles.